The molecule has 0 fully saturated rings. The highest BCUT2D eigenvalue weighted by molar-refractivity contribution is 4.82. The van der Waals surface area contributed by atoms with E-state index < -0.39 is 0 Å². The molecule has 0 spiro atoms. The van der Waals surface area contributed by atoms with Crippen LogP contribution in [0.5, 0.6) is 0 Å². The van der Waals surface area contributed by atoms with Gasteiger partial charge in [0.1, 0.15) is 0 Å². The summed E-state index contributed by atoms with van der Waals surface area (Å²) in [5.41, 5.74) is 0. The van der Waals surface area contributed by atoms with E-state index in [1.807, 2.05) is 12.1 Å². The van der Waals surface area contributed by atoms with Gasteiger partial charge < -0.3 is 4.74 Å². The molecule has 0 aliphatic carbocycles. The smallest absolute Gasteiger partial charge is 0.0625 e. The van der Waals surface area contributed by atoms with E-state index in [0.717, 1.165) is 0 Å². The summed E-state index contributed by atoms with van der Waals surface area (Å²) in [4.78, 5) is 0. The summed E-state index contributed by atoms with van der Waals surface area (Å²) in [6.07, 6.45) is 0.808. The van der Waals surface area contributed by atoms with Crippen LogP contribution < -0.4 is 0 Å². The Bertz CT molecular complexity index is 138. The Kier molecular flexibility index (Phi) is 5.42. The molecule has 0 bridgehead atoms. The number of rotatable bonds is 4. The number of ether oxygens (including phenoxy) is 1. The van der Waals surface area contributed by atoms with E-state index in [4.69, 9.17) is 15.3 Å². The number of nitriles is 2. The van der Waals surface area contributed by atoms with Crippen LogP contribution in [0.25, 0.3) is 0 Å². The lowest BCUT2D eigenvalue weighted by molar-refractivity contribution is 0.156. The molecule has 0 unspecified atom stereocenters. The topological polar surface area (TPSA) is 56.8 Å². The van der Waals surface area contributed by atoms with Gasteiger partial charge in [-0.25, -0.2) is 0 Å². The van der Waals surface area contributed by atoms with E-state index in [1.54, 1.807) is 7.11 Å². The third-order valence-electron chi connectivity index (χ3n) is 1.16. The van der Waals surface area contributed by atoms with E-state index in [-0.39, 0.29) is 5.92 Å². The molecule has 0 atom stereocenters. The molecular weight excluding hydrogens is 128 g/mol. The molecule has 0 saturated carbocycles. The predicted octanol–water partition coefficient (Wildman–Crippen LogP) is 1.08. The van der Waals surface area contributed by atoms with Gasteiger partial charge in [0.05, 0.1) is 18.7 Å². The number of nitrogens with zero attached hydrogens (tertiary/aromatic N) is 2. The van der Waals surface area contributed by atoms with E-state index in [0.29, 0.717) is 19.4 Å². The summed E-state index contributed by atoms with van der Waals surface area (Å²) in [6.45, 7) is 0.501. The molecule has 3 heteroatoms. The monoisotopic (exact) mass is 138 g/mol. The minimum atomic E-state index is 0.0833. The molecule has 0 amide bonds. The molecule has 0 aliphatic rings. The van der Waals surface area contributed by atoms with Crippen LogP contribution in [0.1, 0.15) is 12.8 Å². The maximum atomic E-state index is 8.27. The highest BCUT2D eigenvalue weighted by atomic mass is 16.5. The van der Waals surface area contributed by atoms with Gasteiger partial charge in [-0.15, -0.1) is 0 Å². The van der Waals surface area contributed by atoms with Gasteiger partial charge >= 0.3 is 0 Å². The van der Waals surface area contributed by atoms with Crippen LogP contribution in [0.3, 0.4) is 0 Å². The van der Waals surface area contributed by atoms with Gasteiger partial charge in [0.15, 0.2) is 0 Å². The summed E-state index contributed by atoms with van der Waals surface area (Å²) in [5.74, 6) is 0.0833. The van der Waals surface area contributed by atoms with Crippen molar-refractivity contribution in [2.45, 2.75) is 12.8 Å². The summed E-state index contributed by atoms with van der Waals surface area (Å²) < 4.78 is 4.81. The maximum Gasteiger partial charge on any atom is 0.0625 e. The first kappa shape index (κ1) is 8.94. The number of methoxy groups -OCH3 is 1. The van der Waals surface area contributed by atoms with E-state index in [2.05, 4.69) is 0 Å². The van der Waals surface area contributed by atoms with Crippen molar-refractivity contribution >= 4 is 0 Å². The number of hydrogen-bond acceptors (Lipinski definition) is 3. The molecule has 0 aliphatic heterocycles. The SMILES string of the molecule is COCC(CC#N)CC#N. The van der Waals surface area contributed by atoms with Gasteiger partial charge in [-0.05, 0) is 0 Å². The molecule has 0 aromatic carbocycles. The first-order valence-electron chi connectivity index (χ1n) is 3.08. The van der Waals surface area contributed by atoms with Crippen LogP contribution >= 0.6 is 0 Å². The minimum Gasteiger partial charge on any atom is -0.384 e. The zero-order chi connectivity index (χ0) is 7.82. The fourth-order valence-corrected chi connectivity index (χ4v) is 0.684. The average Bonchev–Trinajstić information content (AvgIpc) is 1.90. The Labute approximate surface area is 60.8 Å². The zero-order valence-corrected chi connectivity index (χ0v) is 6.00. The number of hydrogen-bond donors (Lipinski definition) is 0. The maximum absolute atomic E-state index is 8.27. The van der Waals surface area contributed by atoms with Crippen LogP contribution in [0.4, 0.5) is 0 Å². The molecule has 3 nitrogen and oxygen atoms in total. The van der Waals surface area contributed by atoms with Crippen LogP contribution in [0.2, 0.25) is 0 Å². The van der Waals surface area contributed by atoms with Crippen molar-refractivity contribution < 1.29 is 4.74 Å². The molecule has 10 heavy (non-hydrogen) atoms. The van der Waals surface area contributed by atoms with E-state index >= 15 is 0 Å². The van der Waals surface area contributed by atoms with Crippen molar-refractivity contribution in [2.24, 2.45) is 5.92 Å². The summed E-state index contributed by atoms with van der Waals surface area (Å²) in [7, 11) is 1.57. The van der Waals surface area contributed by atoms with Gasteiger partial charge in [0.2, 0.25) is 0 Å². The van der Waals surface area contributed by atoms with Crippen molar-refractivity contribution in [1.82, 2.24) is 0 Å². The Morgan fingerprint density at radius 1 is 1.30 bits per heavy atom. The molecule has 0 heterocycles. The molecular formula is C7H10N2O. The van der Waals surface area contributed by atoms with Crippen LogP contribution in [-0.2, 0) is 4.74 Å². The van der Waals surface area contributed by atoms with Crippen LogP contribution in [-0.4, -0.2) is 13.7 Å². The fraction of sp³-hybridized carbons (Fsp3) is 0.714. The second-order valence-electron chi connectivity index (χ2n) is 2.05. The lowest BCUT2D eigenvalue weighted by Crippen LogP contribution is -2.06. The summed E-state index contributed by atoms with van der Waals surface area (Å²) in [5, 5.41) is 16.5. The third kappa shape index (κ3) is 3.88. The molecule has 0 N–H and O–H groups in total. The van der Waals surface area contributed by atoms with E-state index in [1.165, 1.54) is 0 Å². The Balaban J connectivity index is 3.54. The first-order valence-corrected chi connectivity index (χ1v) is 3.08. The second kappa shape index (κ2) is 6.07. The molecule has 54 valence electrons. The quantitative estimate of drug-likeness (QED) is 0.584. The van der Waals surface area contributed by atoms with Crippen LogP contribution in [0.15, 0.2) is 0 Å². The highest BCUT2D eigenvalue weighted by Gasteiger charge is 2.05. The largest absolute Gasteiger partial charge is 0.384 e. The van der Waals surface area contributed by atoms with Crippen molar-refractivity contribution in [3.63, 3.8) is 0 Å². The molecule has 0 radical (unpaired) electrons. The van der Waals surface area contributed by atoms with Crippen molar-refractivity contribution in [3.05, 3.63) is 0 Å². The summed E-state index contributed by atoms with van der Waals surface area (Å²) in [6, 6.07) is 4.01. The highest BCUT2D eigenvalue weighted by Crippen LogP contribution is 2.06. The lowest BCUT2D eigenvalue weighted by atomic mass is 10.1. The lowest BCUT2D eigenvalue weighted by Gasteiger charge is -2.05. The van der Waals surface area contributed by atoms with Crippen LogP contribution in [0, 0.1) is 28.6 Å². The first-order chi connectivity index (χ1) is 4.85. The fourth-order valence-electron chi connectivity index (χ4n) is 0.684. The Morgan fingerprint density at radius 3 is 2.10 bits per heavy atom. The molecule has 0 saturated heterocycles. The Morgan fingerprint density at radius 2 is 1.80 bits per heavy atom. The van der Waals surface area contributed by atoms with Crippen molar-refractivity contribution in [2.75, 3.05) is 13.7 Å². The average molecular weight is 138 g/mol. The third-order valence-corrected chi connectivity index (χ3v) is 1.16. The van der Waals surface area contributed by atoms with Crippen molar-refractivity contribution in [1.29, 1.82) is 10.5 Å². The Hall–Kier alpha value is -1.06. The molecule has 0 aromatic heterocycles. The van der Waals surface area contributed by atoms with Gasteiger partial charge in [-0.3, -0.25) is 0 Å². The van der Waals surface area contributed by atoms with Gasteiger partial charge in [-0.2, -0.15) is 10.5 Å². The zero-order valence-electron chi connectivity index (χ0n) is 6.00. The minimum absolute atomic E-state index is 0.0833. The van der Waals surface area contributed by atoms with Crippen molar-refractivity contribution in [3.8, 4) is 12.1 Å². The normalized spacial score (nSPS) is 8.80. The van der Waals surface area contributed by atoms with Gasteiger partial charge in [-0.1, -0.05) is 0 Å². The van der Waals surface area contributed by atoms with Gasteiger partial charge in [0.25, 0.3) is 0 Å². The summed E-state index contributed by atoms with van der Waals surface area (Å²) >= 11 is 0. The van der Waals surface area contributed by atoms with E-state index in [9.17, 15) is 0 Å². The second-order valence-corrected chi connectivity index (χ2v) is 2.05. The standard InChI is InChI=1S/C7H10N2O/c1-10-6-7(2-4-8)3-5-9/h7H,2-3,6H2,1H3. The molecule has 0 aromatic rings. The van der Waals surface area contributed by atoms with Gasteiger partial charge in [0, 0.05) is 25.9 Å². The molecule has 0 rings (SSSR count). The predicted molar refractivity (Wildman–Crippen MR) is 35.8 cm³/mol.